The maximum atomic E-state index is 11.8. The summed E-state index contributed by atoms with van der Waals surface area (Å²) in [4.78, 5) is 29.7. The number of imide groups is 1. The molecule has 0 aromatic carbocycles. The molecule has 0 aromatic heterocycles. The number of nitrogens with zero attached hydrogens (tertiary/aromatic N) is 3. The predicted molar refractivity (Wildman–Crippen MR) is 78.2 cm³/mol. The Balaban J connectivity index is 1.66. The van der Waals surface area contributed by atoms with Crippen molar-refractivity contribution in [1.29, 1.82) is 0 Å². The monoisotopic (exact) mass is 279 g/mol. The van der Waals surface area contributed by atoms with Gasteiger partial charge in [-0.25, -0.2) is 0 Å². The molecule has 112 valence electrons. The van der Waals surface area contributed by atoms with Gasteiger partial charge in [-0.2, -0.15) is 0 Å². The minimum absolute atomic E-state index is 0.00157. The van der Waals surface area contributed by atoms with Crippen LogP contribution in [0, 0.1) is 5.92 Å². The van der Waals surface area contributed by atoms with Gasteiger partial charge in [-0.1, -0.05) is 13.0 Å². The molecule has 5 heteroatoms. The van der Waals surface area contributed by atoms with Gasteiger partial charge >= 0.3 is 0 Å². The van der Waals surface area contributed by atoms with Crippen molar-refractivity contribution in [3.8, 4) is 0 Å². The van der Waals surface area contributed by atoms with Crippen molar-refractivity contribution in [1.82, 2.24) is 14.7 Å². The minimum Gasteiger partial charge on any atom is -0.301 e. The van der Waals surface area contributed by atoms with E-state index in [0.29, 0.717) is 13.0 Å². The summed E-state index contributed by atoms with van der Waals surface area (Å²) in [5, 5.41) is 0. The summed E-state index contributed by atoms with van der Waals surface area (Å²) in [6.45, 7) is 12.4. The molecule has 0 saturated carbocycles. The second kappa shape index (κ2) is 6.99. The molecular weight excluding hydrogens is 254 g/mol. The van der Waals surface area contributed by atoms with E-state index in [-0.39, 0.29) is 17.7 Å². The zero-order valence-corrected chi connectivity index (χ0v) is 12.4. The molecule has 2 heterocycles. The molecule has 2 saturated heterocycles. The number of hydrogen-bond donors (Lipinski definition) is 0. The number of amides is 2. The lowest BCUT2D eigenvalue weighted by atomic mass is 10.1. The number of rotatable bonds is 6. The molecule has 0 N–H and O–H groups in total. The van der Waals surface area contributed by atoms with E-state index in [2.05, 4.69) is 16.4 Å². The van der Waals surface area contributed by atoms with Crippen LogP contribution in [0.25, 0.3) is 0 Å². The van der Waals surface area contributed by atoms with E-state index in [1.54, 1.807) is 0 Å². The minimum atomic E-state index is -0.120. The van der Waals surface area contributed by atoms with Crippen LogP contribution in [0.1, 0.15) is 19.8 Å². The van der Waals surface area contributed by atoms with Crippen molar-refractivity contribution >= 4 is 11.8 Å². The van der Waals surface area contributed by atoms with Crippen LogP contribution in [0.2, 0.25) is 0 Å². The fraction of sp³-hybridized carbons (Fsp3) is 0.733. The third-order valence-corrected chi connectivity index (χ3v) is 4.18. The van der Waals surface area contributed by atoms with E-state index < -0.39 is 0 Å². The van der Waals surface area contributed by atoms with Crippen LogP contribution in [0.15, 0.2) is 12.7 Å². The largest absolute Gasteiger partial charge is 0.301 e. The first-order chi connectivity index (χ1) is 9.61. The van der Waals surface area contributed by atoms with Crippen LogP contribution in [-0.2, 0) is 9.59 Å². The Hall–Kier alpha value is -1.20. The highest BCUT2D eigenvalue weighted by molar-refractivity contribution is 6.03. The van der Waals surface area contributed by atoms with Gasteiger partial charge in [-0.05, 0) is 13.0 Å². The van der Waals surface area contributed by atoms with Gasteiger partial charge in [0, 0.05) is 51.6 Å². The maximum Gasteiger partial charge on any atom is 0.232 e. The summed E-state index contributed by atoms with van der Waals surface area (Å²) in [5.74, 6) is -0.117. The Kier molecular flexibility index (Phi) is 5.31. The summed E-state index contributed by atoms with van der Waals surface area (Å²) in [7, 11) is 0. The highest BCUT2D eigenvalue weighted by atomic mass is 16.2. The standard InChI is InChI=1S/C15H25N3O2/c1-3-5-16-8-10-17(11-9-16)6-4-7-18-14(19)12-13(2)15(18)20/h3,13H,1,4-12H2,2H3. The molecule has 20 heavy (non-hydrogen) atoms. The molecule has 2 rings (SSSR count). The molecule has 2 aliphatic rings. The Bertz CT molecular complexity index is 375. The van der Waals surface area contributed by atoms with Gasteiger partial charge in [-0.15, -0.1) is 6.58 Å². The van der Waals surface area contributed by atoms with E-state index in [1.165, 1.54) is 4.90 Å². The van der Waals surface area contributed by atoms with Crippen molar-refractivity contribution in [2.24, 2.45) is 5.92 Å². The van der Waals surface area contributed by atoms with Gasteiger partial charge in [0.25, 0.3) is 0 Å². The number of piperazine rings is 1. The third kappa shape index (κ3) is 3.67. The van der Waals surface area contributed by atoms with Gasteiger partial charge in [0.1, 0.15) is 0 Å². The molecule has 5 nitrogen and oxygen atoms in total. The van der Waals surface area contributed by atoms with Crippen LogP contribution in [0.5, 0.6) is 0 Å². The summed E-state index contributed by atoms with van der Waals surface area (Å²) >= 11 is 0. The fourth-order valence-corrected chi connectivity index (χ4v) is 2.91. The molecule has 0 spiro atoms. The first-order valence-electron chi connectivity index (χ1n) is 7.51. The molecule has 0 radical (unpaired) electrons. The van der Waals surface area contributed by atoms with Crippen LogP contribution in [0.3, 0.4) is 0 Å². The van der Waals surface area contributed by atoms with Gasteiger partial charge < -0.3 is 4.90 Å². The quantitative estimate of drug-likeness (QED) is 0.527. The zero-order chi connectivity index (χ0) is 14.5. The molecule has 1 unspecified atom stereocenters. The average molecular weight is 279 g/mol. The van der Waals surface area contributed by atoms with Crippen molar-refractivity contribution < 1.29 is 9.59 Å². The van der Waals surface area contributed by atoms with E-state index in [0.717, 1.165) is 45.7 Å². The Morgan fingerprint density at radius 1 is 1.15 bits per heavy atom. The van der Waals surface area contributed by atoms with Gasteiger partial charge in [0.2, 0.25) is 11.8 Å². The average Bonchev–Trinajstić information content (AvgIpc) is 2.67. The number of carbonyl (C=O) groups is 2. The molecule has 0 aliphatic carbocycles. The van der Waals surface area contributed by atoms with E-state index >= 15 is 0 Å². The molecule has 2 amide bonds. The Morgan fingerprint density at radius 2 is 1.80 bits per heavy atom. The van der Waals surface area contributed by atoms with Crippen LogP contribution in [0.4, 0.5) is 0 Å². The highest BCUT2D eigenvalue weighted by Gasteiger charge is 2.34. The van der Waals surface area contributed by atoms with E-state index in [1.807, 2.05) is 13.0 Å². The second-order valence-corrected chi connectivity index (χ2v) is 5.77. The highest BCUT2D eigenvalue weighted by Crippen LogP contribution is 2.18. The second-order valence-electron chi connectivity index (χ2n) is 5.77. The fourth-order valence-electron chi connectivity index (χ4n) is 2.91. The molecular formula is C15H25N3O2. The summed E-state index contributed by atoms with van der Waals surface area (Å²) in [5.41, 5.74) is 0. The topological polar surface area (TPSA) is 43.9 Å². The Labute approximate surface area is 121 Å². The number of hydrogen-bond acceptors (Lipinski definition) is 4. The van der Waals surface area contributed by atoms with E-state index in [4.69, 9.17) is 0 Å². The maximum absolute atomic E-state index is 11.8. The summed E-state index contributed by atoms with van der Waals surface area (Å²) < 4.78 is 0. The van der Waals surface area contributed by atoms with Crippen molar-refractivity contribution in [3.63, 3.8) is 0 Å². The Morgan fingerprint density at radius 3 is 2.35 bits per heavy atom. The van der Waals surface area contributed by atoms with Crippen molar-refractivity contribution in [2.45, 2.75) is 19.8 Å². The van der Waals surface area contributed by atoms with Crippen molar-refractivity contribution in [3.05, 3.63) is 12.7 Å². The normalized spacial score (nSPS) is 25.4. The molecule has 2 aliphatic heterocycles. The smallest absolute Gasteiger partial charge is 0.232 e. The van der Waals surface area contributed by atoms with Gasteiger partial charge in [-0.3, -0.25) is 19.4 Å². The molecule has 1 atom stereocenters. The van der Waals surface area contributed by atoms with Gasteiger partial charge in [0.05, 0.1) is 0 Å². The van der Waals surface area contributed by atoms with E-state index in [9.17, 15) is 9.59 Å². The van der Waals surface area contributed by atoms with Crippen LogP contribution in [-0.4, -0.2) is 72.3 Å². The molecule has 0 aromatic rings. The predicted octanol–water partition coefficient (Wildman–Crippen LogP) is 0.575. The van der Waals surface area contributed by atoms with Crippen molar-refractivity contribution in [2.75, 3.05) is 45.8 Å². The van der Waals surface area contributed by atoms with Crippen LogP contribution < -0.4 is 0 Å². The van der Waals surface area contributed by atoms with Crippen LogP contribution >= 0.6 is 0 Å². The summed E-state index contributed by atoms with van der Waals surface area (Å²) in [6, 6.07) is 0. The molecule has 2 fully saturated rings. The number of likely N-dealkylation sites (tertiary alicyclic amines) is 1. The zero-order valence-electron chi connectivity index (χ0n) is 12.4. The summed E-state index contributed by atoms with van der Waals surface area (Å²) in [6.07, 6.45) is 3.21. The SMILES string of the molecule is C=CCN1CCN(CCCN2C(=O)CC(C)C2=O)CC1. The first-order valence-corrected chi connectivity index (χ1v) is 7.51. The lowest BCUT2D eigenvalue weighted by Gasteiger charge is -2.34. The number of carbonyl (C=O) groups excluding carboxylic acids is 2. The lowest BCUT2D eigenvalue weighted by Crippen LogP contribution is -2.47. The third-order valence-electron chi connectivity index (χ3n) is 4.18. The molecule has 0 bridgehead atoms. The van der Waals surface area contributed by atoms with Gasteiger partial charge in [0.15, 0.2) is 0 Å². The first kappa shape index (κ1) is 15.2. The lowest BCUT2D eigenvalue weighted by molar-refractivity contribution is -0.139.